The molecule has 0 aliphatic rings. The van der Waals surface area contributed by atoms with Gasteiger partial charge in [-0.05, 0) is 24.1 Å². The number of anilines is 3. The van der Waals surface area contributed by atoms with E-state index in [0.717, 1.165) is 5.56 Å². The largest absolute Gasteiger partial charge is 0.493 e. The number of nitrogens with one attached hydrogen (secondary N) is 1. The zero-order valence-electron chi connectivity index (χ0n) is 15.3. The fraction of sp³-hybridized carbons (Fsp3) is 0.333. The van der Waals surface area contributed by atoms with E-state index in [9.17, 15) is 0 Å². The number of nitrogen functional groups attached to an aromatic ring is 1. The number of hydrogen-bond acceptors (Lipinski definition) is 9. The van der Waals surface area contributed by atoms with E-state index in [1.54, 1.807) is 14.2 Å². The normalized spacial score (nSPS) is 9.78. The van der Waals surface area contributed by atoms with Gasteiger partial charge in [0, 0.05) is 6.54 Å². The van der Waals surface area contributed by atoms with Crippen molar-refractivity contribution in [3.05, 3.63) is 30.1 Å². The fourth-order valence-electron chi connectivity index (χ4n) is 2.52. The van der Waals surface area contributed by atoms with Gasteiger partial charge in [-0.15, -0.1) is 0 Å². The first kappa shape index (κ1) is 19.6. The number of aromatic nitrogens is 2. The van der Waals surface area contributed by atoms with Crippen LogP contribution in [-0.4, -0.2) is 43.8 Å². The number of benzene rings is 1. The van der Waals surface area contributed by atoms with Crippen molar-refractivity contribution >= 4 is 17.3 Å². The third-order valence-corrected chi connectivity index (χ3v) is 3.84. The summed E-state index contributed by atoms with van der Waals surface area (Å²) in [6.07, 6.45) is 2.06. The molecular weight excluding hydrogens is 346 g/mol. The van der Waals surface area contributed by atoms with Crippen LogP contribution in [0.25, 0.3) is 0 Å². The van der Waals surface area contributed by atoms with E-state index in [4.69, 9.17) is 25.7 Å². The second-order valence-electron chi connectivity index (χ2n) is 5.50. The predicted octanol–water partition coefficient (Wildman–Crippen LogP) is 1.58. The lowest BCUT2D eigenvalue weighted by Gasteiger charge is -2.20. The van der Waals surface area contributed by atoms with E-state index in [2.05, 4.69) is 15.3 Å². The molecule has 0 aliphatic carbocycles. The number of nitriles is 2. The highest BCUT2D eigenvalue weighted by atomic mass is 16.5. The molecule has 0 radical (unpaired) electrons. The summed E-state index contributed by atoms with van der Waals surface area (Å²) in [6, 6.07) is 9.72. The van der Waals surface area contributed by atoms with Gasteiger partial charge < -0.3 is 25.4 Å². The van der Waals surface area contributed by atoms with Crippen LogP contribution < -0.4 is 25.4 Å². The number of nitrogens with two attached hydrogens (primary N) is 1. The first-order chi connectivity index (χ1) is 13.1. The quantitative estimate of drug-likeness (QED) is 0.634. The Morgan fingerprint density at radius 1 is 1.11 bits per heavy atom. The summed E-state index contributed by atoms with van der Waals surface area (Å²) in [5.41, 5.74) is 7.48. The van der Waals surface area contributed by atoms with Crippen molar-refractivity contribution in [3.63, 3.8) is 0 Å². The Kier molecular flexibility index (Phi) is 7.03. The molecule has 0 aliphatic heterocycles. The number of rotatable bonds is 9. The Bertz CT molecular complexity index is 842. The number of ether oxygens (including phenoxy) is 2. The van der Waals surface area contributed by atoms with Crippen LogP contribution in [0, 0.1) is 22.7 Å². The molecule has 27 heavy (non-hydrogen) atoms. The summed E-state index contributed by atoms with van der Waals surface area (Å²) in [5.74, 6) is 2.17. The molecule has 2 aromatic rings. The minimum Gasteiger partial charge on any atom is -0.493 e. The molecular formula is C18H21N7O2. The molecule has 0 atom stereocenters. The second kappa shape index (κ2) is 9.68. The highest BCUT2D eigenvalue weighted by molar-refractivity contribution is 5.75. The van der Waals surface area contributed by atoms with Crippen molar-refractivity contribution in [1.29, 1.82) is 10.5 Å². The first-order valence-corrected chi connectivity index (χ1v) is 8.18. The molecule has 1 aromatic carbocycles. The van der Waals surface area contributed by atoms with Crippen LogP contribution in [0.3, 0.4) is 0 Å². The third kappa shape index (κ3) is 4.89. The molecule has 9 heteroatoms. The van der Waals surface area contributed by atoms with Gasteiger partial charge in [0.15, 0.2) is 23.1 Å². The molecule has 0 fully saturated rings. The zero-order valence-corrected chi connectivity index (χ0v) is 15.3. The van der Waals surface area contributed by atoms with Crippen molar-refractivity contribution in [1.82, 2.24) is 9.97 Å². The first-order valence-electron chi connectivity index (χ1n) is 8.18. The Hall–Kier alpha value is -3.72. The maximum atomic E-state index is 8.91. The van der Waals surface area contributed by atoms with E-state index >= 15 is 0 Å². The summed E-state index contributed by atoms with van der Waals surface area (Å²) >= 11 is 0. The Morgan fingerprint density at radius 3 is 2.44 bits per heavy atom. The smallest absolute Gasteiger partial charge is 0.160 e. The molecule has 0 spiro atoms. The van der Waals surface area contributed by atoms with Gasteiger partial charge in [0.1, 0.15) is 25.1 Å². The summed E-state index contributed by atoms with van der Waals surface area (Å²) in [7, 11) is 3.19. The summed E-state index contributed by atoms with van der Waals surface area (Å²) < 4.78 is 10.5. The summed E-state index contributed by atoms with van der Waals surface area (Å²) in [4.78, 5) is 9.75. The molecule has 0 saturated carbocycles. The maximum absolute atomic E-state index is 8.91. The van der Waals surface area contributed by atoms with Gasteiger partial charge >= 0.3 is 0 Å². The monoisotopic (exact) mass is 367 g/mol. The van der Waals surface area contributed by atoms with Crippen molar-refractivity contribution in [2.45, 2.75) is 6.42 Å². The molecule has 0 unspecified atom stereocenters. The zero-order chi connectivity index (χ0) is 19.6. The lowest BCUT2D eigenvalue weighted by atomic mass is 10.1. The Labute approximate surface area is 158 Å². The molecule has 0 amide bonds. The van der Waals surface area contributed by atoms with Gasteiger partial charge in [-0.25, -0.2) is 9.97 Å². The van der Waals surface area contributed by atoms with Gasteiger partial charge in [0.2, 0.25) is 0 Å². The molecule has 9 nitrogen and oxygen atoms in total. The van der Waals surface area contributed by atoms with Crippen molar-refractivity contribution < 1.29 is 9.47 Å². The lowest BCUT2D eigenvalue weighted by molar-refractivity contribution is 0.354. The summed E-state index contributed by atoms with van der Waals surface area (Å²) in [6.45, 7) is 0.604. The predicted molar refractivity (Wildman–Crippen MR) is 102 cm³/mol. The Morgan fingerprint density at radius 2 is 1.81 bits per heavy atom. The van der Waals surface area contributed by atoms with Crippen LogP contribution in [0.15, 0.2) is 24.5 Å². The molecule has 3 N–H and O–H groups in total. The minimum absolute atomic E-state index is 0.0137. The topological polar surface area (TPSA) is 133 Å². The highest BCUT2D eigenvalue weighted by Crippen LogP contribution is 2.28. The molecule has 140 valence electrons. The van der Waals surface area contributed by atoms with Gasteiger partial charge in [0.25, 0.3) is 0 Å². The van der Waals surface area contributed by atoms with Gasteiger partial charge in [0.05, 0.1) is 26.4 Å². The van der Waals surface area contributed by atoms with E-state index < -0.39 is 0 Å². The molecule has 1 heterocycles. The molecule has 2 rings (SSSR count). The average Bonchev–Trinajstić information content (AvgIpc) is 2.69. The maximum Gasteiger partial charge on any atom is 0.160 e. The van der Waals surface area contributed by atoms with Gasteiger partial charge in [-0.1, -0.05) is 6.07 Å². The third-order valence-electron chi connectivity index (χ3n) is 3.84. The van der Waals surface area contributed by atoms with Crippen LogP contribution >= 0.6 is 0 Å². The standard InChI is InChI=1S/C18H21N7O2/c1-26-14-4-3-13(11-15(14)27-2)5-8-22-17-16(21)18(24-12-23-17)25(9-6-19)10-7-20/h3-4,11-12H,5,8-10,21H2,1-2H3,(H,22,23,24). The van der Waals surface area contributed by atoms with Gasteiger partial charge in [-0.3, -0.25) is 0 Å². The lowest BCUT2D eigenvalue weighted by Crippen LogP contribution is -2.26. The fourth-order valence-corrected chi connectivity index (χ4v) is 2.52. The number of methoxy groups -OCH3 is 2. The number of hydrogen-bond donors (Lipinski definition) is 2. The van der Waals surface area contributed by atoms with E-state index in [-0.39, 0.29) is 13.1 Å². The SMILES string of the molecule is COc1ccc(CCNc2ncnc(N(CC#N)CC#N)c2N)cc1OC. The van der Waals surface area contributed by atoms with Crippen molar-refractivity contribution in [2.24, 2.45) is 0 Å². The van der Waals surface area contributed by atoms with Crippen LogP contribution in [-0.2, 0) is 6.42 Å². The summed E-state index contributed by atoms with van der Waals surface area (Å²) in [5, 5.41) is 21.0. The average molecular weight is 367 g/mol. The van der Waals surface area contributed by atoms with Gasteiger partial charge in [-0.2, -0.15) is 10.5 Å². The van der Waals surface area contributed by atoms with E-state index in [1.807, 2.05) is 30.3 Å². The molecule has 0 bridgehead atoms. The van der Waals surface area contributed by atoms with Crippen LogP contribution in [0.1, 0.15) is 5.56 Å². The Balaban J connectivity index is 2.07. The van der Waals surface area contributed by atoms with Crippen LogP contribution in [0.5, 0.6) is 11.5 Å². The van der Waals surface area contributed by atoms with Crippen LogP contribution in [0.4, 0.5) is 17.3 Å². The second-order valence-corrected chi connectivity index (χ2v) is 5.50. The van der Waals surface area contributed by atoms with E-state index in [1.165, 1.54) is 11.2 Å². The molecule has 0 saturated heterocycles. The number of nitrogens with zero attached hydrogens (tertiary/aromatic N) is 5. The van der Waals surface area contributed by atoms with Crippen molar-refractivity contribution in [2.75, 3.05) is 49.8 Å². The minimum atomic E-state index is 0.0137. The van der Waals surface area contributed by atoms with Crippen LogP contribution in [0.2, 0.25) is 0 Å². The molecule has 1 aromatic heterocycles. The van der Waals surface area contributed by atoms with E-state index in [0.29, 0.717) is 41.8 Å². The highest BCUT2D eigenvalue weighted by Gasteiger charge is 2.14. The van der Waals surface area contributed by atoms with Crippen molar-refractivity contribution in [3.8, 4) is 23.6 Å².